The van der Waals surface area contributed by atoms with Gasteiger partial charge in [0.2, 0.25) is 0 Å². The molecule has 0 amide bonds. The largest absolute Gasteiger partial charge is 0.759 e. The molecule has 0 spiro atoms. The highest BCUT2D eigenvalue weighted by Crippen LogP contribution is 2.14. The zero-order chi connectivity index (χ0) is 24.6. The predicted octanol–water partition coefficient (Wildman–Crippen LogP) is 7.57. The summed E-state index contributed by atoms with van der Waals surface area (Å²) >= 11 is 0. The fourth-order valence-electron chi connectivity index (χ4n) is 4.17. The summed E-state index contributed by atoms with van der Waals surface area (Å²) in [4.78, 5) is 0. The van der Waals surface area contributed by atoms with Crippen molar-refractivity contribution in [3.05, 3.63) is 0 Å². The van der Waals surface area contributed by atoms with Gasteiger partial charge in [-0.25, -0.2) is 0 Å². The lowest BCUT2D eigenvalue weighted by Crippen LogP contribution is -2.41. The summed E-state index contributed by atoms with van der Waals surface area (Å²) in [5.74, 6) is 0. The minimum Gasteiger partial charge on any atom is -0.759 e. The van der Waals surface area contributed by atoms with Gasteiger partial charge in [-0.2, -0.15) is 0 Å². The van der Waals surface area contributed by atoms with E-state index in [1.807, 2.05) is 0 Å². The average molecular weight is 479 g/mol. The van der Waals surface area contributed by atoms with Crippen molar-refractivity contribution in [3.63, 3.8) is 0 Å². The van der Waals surface area contributed by atoms with Crippen molar-refractivity contribution >= 4 is 10.4 Å². The van der Waals surface area contributed by atoms with E-state index in [-0.39, 0.29) is 0 Å². The Balaban J connectivity index is 0. The molecule has 0 aliphatic carbocycles. The van der Waals surface area contributed by atoms with Crippen LogP contribution in [0.5, 0.6) is 0 Å². The van der Waals surface area contributed by atoms with Crippen molar-refractivity contribution in [2.24, 2.45) is 0 Å². The van der Waals surface area contributed by atoms with E-state index in [1.54, 1.807) is 0 Å². The normalized spacial score (nSPS) is 11.9. The Labute approximate surface area is 201 Å². The Morgan fingerprint density at radius 1 is 0.469 bits per heavy atom. The Bertz CT molecular complexity index is 432. The molecule has 0 aromatic heterocycles. The summed E-state index contributed by atoms with van der Waals surface area (Å²) in [5.41, 5.74) is 0. The molecule has 196 valence electrons. The number of unbranched alkanes of at least 4 members (excludes halogenated alkanes) is 18. The Morgan fingerprint density at radius 2 is 0.656 bits per heavy atom. The smallest absolute Gasteiger partial charge is 0.0782 e. The van der Waals surface area contributed by atoms with Crippen LogP contribution in [-0.2, 0) is 10.4 Å². The number of quaternary nitrogens is 1. The van der Waals surface area contributed by atoms with Crippen LogP contribution in [0.1, 0.15) is 142 Å². The van der Waals surface area contributed by atoms with Crippen molar-refractivity contribution in [3.8, 4) is 0 Å². The third-order valence-corrected chi connectivity index (χ3v) is 6.23. The van der Waals surface area contributed by atoms with Crippen LogP contribution in [0.3, 0.4) is 0 Å². The molecule has 0 aliphatic heterocycles. The fraction of sp³-hybridized carbons (Fsp3) is 1.00. The Morgan fingerprint density at radius 3 is 0.875 bits per heavy atom. The maximum absolute atomic E-state index is 8.52. The van der Waals surface area contributed by atoms with Crippen LogP contribution in [0.2, 0.25) is 0 Å². The standard InChI is InChI=1S/C26H56N.H2O4S/c1-5-7-9-11-13-15-17-19-21-23-25-27(3,4)26-24-22-20-18-16-14-12-10-8-6-2;1-5(2,3)4/h5-26H2,1-4H3;(H2,1,2,3,4)/q+1;/p-2. The molecule has 0 bridgehead atoms. The molecule has 0 fully saturated rings. The van der Waals surface area contributed by atoms with Crippen LogP contribution in [-0.4, -0.2) is 49.2 Å². The lowest BCUT2D eigenvalue weighted by Gasteiger charge is -2.30. The molecular weight excluding hydrogens is 422 g/mol. The van der Waals surface area contributed by atoms with E-state index in [4.69, 9.17) is 17.5 Å². The highest BCUT2D eigenvalue weighted by atomic mass is 32.3. The van der Waals surface area contributed by atoms with Gasteiger partial charge in [-0.3, -0.25) is 8.42 Å². The van der Waals surface area contributed by atoms with Gasteiger partial charge in [-0.05, 0) is 25.7 Å². The summed E-state index contributed by atoms with van der Waals surface area (Å²) in [6.07, 6.45) is 29.0. The Kier molecular flexibility index (Phi) is 25.5. The van der Waals surface area contributed by atoms with E-state index in [9.17, 15) is 0 Å². The summed E-state index contributed by atoms with van der Waals surface area (Å²) < 4.78 is 35.3. The molecule has 32 heavy (non-hydrogen) atoms. The van der Waals surface area contributed by atoms with Crippen molar-refractivity contribution in [2.75, 3.05) is 27.2 Å². The minimum atomic E-state index is -5.17. The molecule has 5 nitrogen and oxygen atoms in total. The van der Waals surface area contributed by atoms with Crippen LogP contribution >= 0.6 is 0 Å². The molecule has 0 aromatic carbocycles. The van der Waals surface area contributed by atoms with Gasteiger partial charge < -0.3 is 13.6 Å². The van der Waals surface area contributed by atoms with Crippen LogP contribution in [0.15, 0.2) is 0 Å². The van der Waals surface area contributed by atoms with Crippen LogP contribution in [0, 0.1) is 0 Å². The van der Waals surface area contributed by atoms with Gasteiger partial charge >= 0.3 is 0 Å². The molecule has 0 heterocycles. The minimum absolute atomic E-state index is 1.24. The van der Waals surface area contributed by atoms with Crippen LogP contribution < -0.4 is 0 Å². The van der Waals surface area contributed by atoms with E-state index in [0.29, 0.717) is 0 Å². The van der Waals surface area contributed by atoms with E-state index >= 15 is 0 Å². The molecule has 0 rings (SSSR count). The Hall–Kier alpha value is -0.170. The third kappa shape index (κ3) is 37.2. The summed E-state index contributed by atoms with van der Waals surface area (Å²) in [7, 11) is -0.275. The zero-order valence-electron chi connectivity index (χ0n) is 22.0. The topological polar surface area (TPSA) is 80.3 Å². The maximum Gasteiger partial charge on any atom is 0.0782 e. The first-order valence-corrected chi connectivity index (χ1v) is 14.9. The third-order valence-electron chi connectivity index (χ3n) is 6.23. The van der Waals surface area contributed by atoms with Crippen molar-refractivity contribution in [2.45, 2.75) is 142 Å². The van der Waals surface area contributed by atoms with Crippen LogP contribution in [0.25, 0.3) is 0 Å². The first-order chi connectivity index (χ1) is 15.1. The zero-order valence-corrected chi connectivity index (χ0v) is 22.9. The quantitative estimate of drug-likeness (QED) is 0.0695. The molecule has 0 radical (unpaired) electrons. The second-order valence-electron chi connectivity index (χ2n) is 10.2. The van der Waals surface area contributed by atoms with E-state index in [0.717, 1.165) is 0 Å². The monoisotopic (exact) mass is 478 g/mol. The highest BCUT2D eigenvalue weighted by molar-refractivity contribution is 7.79. The lowest BCUT2D eigenvalue weighted by molar-refractivity contribution is -0.890. The number of rotatable bonds is 22. The predicted molar refractivity (Wildman–Crippen MR) is 136 cm³/mol. The van der Waals surface area contributed by atoms with Crippen LogP contribution in [0.4, 0.5) is 0 Å². The number of hydrogen-bond donors (Lipinski definition) is 0. The summed E-state index contributed by atoms with van der Waals surface area (Å²) in [6, 6.07) is 0. The van der Waals surface area contributed by atoms with Gasteiger partial charge in [0.25, 0.3) is 0 Å². The molecule has 0 saturated carbocycles. The molecule has 0 unspecified atom stereocenters. The van der Waals surface area contributed by atoms with E-state index in [1.165, 1.54) is 146 Å². The summed E-state index contributed by atoms with van der Waals surface area (Å²) in [5, 5.41) is 0. The fourth-order valence-corrected chi connectivity index (χ4v) is 4.17. The highest BCUT2D eigenvalue weighted by Gasteiger charge is 2.13. The first kappa shape index (κ1) is 34.0. The number of hydrogen-bond acceptors (Lipinski definition) is 4. The number of nitrogens with zero attached hydrogens (tertiary/aromatic N) is 1. The van der Waals surface area contributed by atoms with Gasteiger partial charge in [-0.15, -0.1) is 0 Å². The molecule has 6 heteroatoms. The van der Waals surface area contributed by atoms with Crippen molar-refractivity contribution < 1.29 is 22.0 Å². The SMILES string of the molecule is CCCCCCCCCCCC[N+](C)(C)CCCCCCCCCCCC.O=S(=O)([O-])[O-]. The van der Waals surface area contributed by atoms with Gasteiger partial charge in [0.05, 0.1) is 27.2 Å². The molecule has 0 saturated heterocycles. The molecule has 0 N–H and O–H groups in total. The van der Waals surface area contributed by atoms with Gasteiger partial charge in [0.15, 0.2) is 0 Å². The van der Waals surface area contributed by atoms with Crippen molar-refractivity contribution in [1.29, 1.82) is 0 Å². The maximum atomic E-state index is 8.52. The molecular formula is C26H56NO4S-. The van der Waals surface area contributed by atoms with E-state index in [2.05, 4.69) is 27.9 Å². The van der Waals surface area contributed by atoms with Crippen molar-refractivity contribution in [1.82, 2.24) is 0 Å². The molecule has 0 aromatic rings. The lowest BCUT2D eigenvalue weighted by atomic mass is 10.1. The van der Waals surface area contributed by atoms with Gasteiger partial charge in [0, 0.05) is 10.4 Å². The second kappa shape index (κ2) is 24.0. The molecule has 0 aliphatic rings. The van der Waals surface area contributed by atoms with Gasteiger partial charge in [-0.1, -0.05) is 117 Å². The molecule has 0 atom stereocenters. The first-order valence-electron chi connectivity index (χ1n) is 13.6. The van der Waals surface area contributed by atoms with E-state index < -0.39 is 10.4 Å². The second-order valence-corrected chi connectivity index (χ2v) is 11.0. The van der Waals surface area contributed by atoms with Gasteiger partial charge in [0.1, 0.15) is 0 Å². The summed E-state index contributed by atoms with van der Waals surface area (Å²) in [6.45, 7) is 7.37. The average Bonchev–Trinajstić information content (AvgIpc) is 2.69.